The Morgan fingerprint density at radius 2 is 2.00 bits per heavy atom. The van der Waals surface area contributed by atoms with Crippen LogP contribution in [0.4, 0.5) is 18.6 Å². The van der Waals surface area contributed by atoms with Gasteiger partial charge in [0.15, 0.2) is 0 Å². The lowest BCUT2D eigenvalue weighted by molar-refractivity contribution is 0.485. The molecule has 0 aliphatic rings. The van der Waals surface area contributed by atoms with Gasteiger partial charge in [-0.25, -0.2) is 0 Å². The Morgan fingerprint density at radius 3 is 2.57 bits per heavy atom. The average Bonchev–Trinajstić information content (AvgIpc) is 2.06. The largest absolute Gasteiger partial charge is 0.488 e. The Morgan fingerprint density at radius 1 is 1.36 bits per heavy atom. The van der Waals surface area contributed by atoms with Crippen LogP contribution in [0.5, 0.6) is 0 Å². The van der Waals surface area contributed by atoms with Crippen LogP contribution in [-0.4, -0.2) is 12.6 Å². The summed E-state index contributed by atoms with van der Waals surface area (Å²) in [5.74, 6) is 0. The topological polar surface area (TPSA) is 26.0 Å². The molecule has 1 aromatic rings. The van der Waals surface area contributed by atoms with Crippen molar-refractivity contribution in [2.24, 2.45) is 0 Å². The van der Waals surface area contributed by atoms with Crippen molar-refractivity contribution in [1.29, 1.82) is 0 Å². The normalized spacial score (nSPS) is 11.7. The highest BCUT2D eigenvalue weighted by atomic mass is 32.2. The Balaban J connectivity index is 2.73. The number of anilines is 1. The summed E-state index contributed by atoms with van der Waals surface area (Å²) in [6.07, 6.45) is 0. The molecule has 0 heterocycles. The molecule has 0 radical (unpaired) electrons. The highest BCUT2D eigenvalue weighted by molar-refractivity contribution is 8.00. The first-order chi connectivity index (χ1) is 6.40. The Hall–Kier alpha value is -0.775. The zero-order valence-electron chi connectivity index (χ0n) is 7.64. The van der Waals surface area contributed by atoms with Crippen LogP contribution in [0.1, 0.15) is 5.56 Å². The second-order valence-electron chi connectivity index (χ2n) is 3.01. The van der Waals surface area contributed by atoms with E-state index in [-0.39, 0.29) is 0 Å². The van der Waals surface area contributed by atoms with E-state index in [9.17, 15) is 12.9 Å². The third kappa shape index (κ3) is 3.18. The fourth-order valence-electron chi connectivity index (χ4n) is 0.964. The van der Waals surface area contributed by atoms with Crippen molar-refractivity contribution in [3.63, 3.8) is 0 Å². The number of hydrogen-bond donors (Lipinski definition) is 1. The first-order valence-electron chi connectivity index (χ1n) is 4.09. The molecule has 0 spiro atoms. The van der Waals surface area contributed by atoms with Gasteiger partial charge in [-0.1, -0.05) is 12.1 Å². The number of rotatable bonds is 3. The molecule has 78 valence electrons. The third-order valence-electron chi connectivity index (χ3n) is 1.71. The molecule has 0 saturated heterocycles. The van der Waals surface area contributed by atoms with Crippen molar-refractivity contribution in [1.82, 2.24) is 0 Å². The number of hydrogen-bond acceptors (Lipinski definition) is 2. The van der Waals surface area contributed by atoms with Crippen LogP contribution in [0.25, 0.3) is 0 Å². The molecule has 0 saturated carbocycles. The van der Waals surface area contributed by atoms with Crippen molar-refractivity contribution in [2.45, 2.75) is 11.8 Å². The van der Waals surface area contributed by atoms with Gasteiger partial charge in [0.2, 0.25) is 0 Å². The average molecular weight is 220 g/mol. The Kier molecular flexibility index (Phi) is 3.36. The van der Waals surface area contributed by atoms with Gasteiger partial charge in [0.05, 0.1) is 0 Å². The van der Waals surface area contributed by atoms with Crippen LogP contribution in [0.2, 0.25) is 0 Å². The van der Waals surface area contributed by atoms with Crippen LogP contribution in [-0.2, 0) is 0 Å². The molecule has 1 rings (SSSR count). The van der Waals surface area contributed by atoms with Crippen molar-refractivity contribution in [3.8, 4) is 0 Å². The smallest absolute Gasteiger partial charge is 0.448 e. The SMILES string of the molecule is Cc1cccc(SC[B-](F)(F)F)c1N. The monoisotopic (exact) mass is 220 g/mol. The fraction of sp³-hybridized carbons (Fsp3) is 0.250. The molecular formula is C8H10BF3NS-. The first kappa shape index (κ1) is 11.3. The molecule has 2 N–H and O–H groups in total. The van der Waals surface area contributed by atoms with Gasteiger partial charge in [-0.15, -0.1) is 0 Å². The van der Waals surface area contributed by atoms with Crippen molar-refractivity contribution in [2.75, 3.05) is 11.4 Å². The van der Waals surface area contributed by atoms with Crippen LogP contribution >= 0.6 is 11.8 Å². The molecule has 14 heavy (non-hydrogen) atoms. The van der Waals surface area contributed by atoms with Crippen molar-refractivity contribution >= 4 is 24.4 Å². The molecule has 0 aliphatic heterocycles. The highest BCUT2D eigenvalue weighted by Gasteiger charge is 2.23. The van der Waals surface area contributed by atoms with E-state index in [1.165, 1.54) is 0 Å². The lowest BCUT2D eigenvalue weighted by Gasteiger charge is -2.14. The standard InChI is InChI=1S/C8H10BF3NS/c1-6-3-2-4-7(8(6)13)14-5-9(10,11)12/h2-4H,5,13H2,1H3/q-1. The van der Waals surface area contributed by atoms with Gasteiger partial charge in [0, 0.05) is 10.6 Å². The molecular weight excluding hydrogens is 210 g/mol. The summed E-state index contributed by atoms with van der Waals surface area (Å²) < 4.78 is 35.9. The molecule has 6 heteroatoms. The predicted octanol–water partition coefficient (Wildman–Crippen LogP) is 3.06. The van der Waals surface area contributed by atoms with Crippen LogP contribution in [0, 0.1) is 6.92 Å². The van der Waals surface area contributed by atoms with Crippen LogP contribution < -0.4 is 5.73 Å². The molecule has 0 bridgehead atoms. The summed E-state index contributed by atoms with van der Waals surface area (Å²) in [5.41, 5.74) is 6.04. The molecule has 0 aromatic heterocycles. The van der Waals surface area contributed by atoms with Gasteiger partial charge in [0.25, 0.3) is 0 Å². The number of aryl methyl sites for hydroxylation is 1. The van der Waals surface area contributed by atoms with E-state index in [2.05, 4.69) is 0 Å². The van der Waals surface area contributed by atoms with E-state index in [0.717, 1.165) is 17.3 Å². The summed E-state index contributed by atoms with van der Waals surface area (Å²) in [4.78, 5) is 0.504. The third-order valence-corrected chi connectivity index (χ3v) is 2.92. The minimum Gasteiger partial charge on any atom is -0.448 e. The predicted molar refractivity (Wildman–Crippen MR) is 55.4 cm³/mol. The van der Waals surface area contributed by atoms with Crippen molar-refractivity contribution < 1.29 is 12.9 Å². The second kappa shape index (κ2) is 4.17. The molecule has 0 unspecified atom stereocenters. The van der Waals surface area contributed by atoms with Crippen LogP contribution in [0.15, 0.2) is 23.1 Å². The van der Waals surface area contributed by atoms with Crippen molar-refractivity contribution in [3.05, 3.63) is 23.8 Å². The van der Waals surface area contributed by atoms with Gasteiger partial charge in [-0.05, 0) is 24.2 Å². The van der Waals surface area contributed by atoms with Gasteiger partial charge in [-0.2, -0.15) is 11.8 Å². The second-order valence-corrected chi connectivity index (χ2v) is 4.07. The van der Waals surface area contributed by atoms with E-state index >= 15 is 0 Å². The maximum absolute atomic E-state index is 12.0. The molecule has 0 amide bonds. The summed E-state index contributed by atoms with van der Waals surface area (Å²) in [5, 5.41) is 0. The lowest BCUT2D eigenvalue weighted by atomic mass is 9.98. The number of benzene rings is 1. The molecule has 0 aliphatic carbocycles. The summed E-state index contributed by atoms with van der Waals surface area (Å²) in [7, 11) is 0. The Labute approximate surface area is 84.9 Å². The van der Waals surface area contributed by atoms with Gasteiger partial charge in [-0.3, -0.25) is 0 Å². The number of nitrogen functional groups attached to an aromatic ring is 1. The molecule has 1 aromatic carbocycles. The Bertz CT molecular complexity index is 327. The van der Waals surface area contributed by atoms with E-state index < -0.39 is 12.6 Å². The first-order valence-corrected chi connectivity index (χ1v) is 5.07. The van der Waals surface area contributed by atoms with Gasteiger partial charge >= 0.3 is 6.98 Å². The number of nitrogens with two attached hydrogens (primary N) is 1. The minimum atomic E-state index is -4.75. The maximum atomic E-state index is 12.0. The maximum Gasteiger partial charge on any atom is 0.488 e. The van der Waals surface area contributed by atoms with E-state index in [0.29, 0.717) is 10.6 Å². The number of thioether (sulfide) groups is 1. The number of halogens is 3. The molecule has 0 fully saturated rings. The minimum absolute atomic E-state index is 0.442. The van der Waals surface area contributed by atoms with Crippen LogP contribution in [0.3, 0.4) is 0 Å². The van der Waals surface area contributed by atoms with Gasteiger partial charge in [0.1, 0.15) is 0 Å². The summed E-state index contributed by atoms with van der Waals surface area (Å²) in [6, 6.07) is 5.09. The number of para-hydroxylation sites is 1. The quantitative estimate of drug-likeness (QED) is 0.481. The zero-order valence-corrected chi connectivity index (χ0v) is 8.45. The summed E-state index contributed by atoms with van der Waals surface area (Å²) >= 11 is 0.746. The molecule has 1 nitrogen and oxygen atoms in total. The fourth-order valence-corrected chi connectivity index (χ4v) is 1.82. The summed E-state index contributed by atoms with van der Waals surface area (Å²) in [6.45, 7) is -2.97. The zero-order chi connectivity index (χ0) is 10.8. The molecule has 0 atom stereocenters. The lowest BCUT2D eigenvalue weighted by Crippen LogP contribution is -2.19. The van der Waals surface area contributed by atoms with E-state index in [1.54, 1.807) is 25.1 Å². The van der Waals surface area contributed by atoms with E-state index in [1.807, 2.05) is 0 Å². The van der Waals surface area contributed by atoms with E-state index in [4.69, 9.17) is 5.73 Å². The van der Waals surface area contributed by atoms with Gasteiger partial charge < -0.3 is 18.7 Å². The highest BCUT2D eigenvalue weighted by Crippen LogP contribution is 2.30.